The van der Waals surface area contributed by atoms with Gasteiger partial charge < -0.3 is 14.6 Å². The van der Waals surface area contributed by atoms with Crippen LogP contribution >= 0.6 is 35.0 Å². The number of hydrogen-bond acceptors (Lipinski definition) is 6. The number of carbonyl (C=O) groups excluding carboxylic acids is 1. The van der Waals surface area contributed by atoms with Crippen molar-refractivity contribution >= 4 is 40.9 Å². The van der Waals surface area contributed by atoms with Gasteiger partial charge in [0.05, 0.1) is 19.4 Å². The third kappa shape index (κ3) is 5.64. The summed E-state index contributed by atoms with van der Waals surface area (Å²) in [5.74, 6) is 2.25. The average Bonchev–Trinajstić information content (AvgIpc) is 3.17. The smallest absolute Gasteiger partial charge is 0.246 e. The van der Waals surface area contributed by atoms with E-state index in [9.17, 15) is 4.79 Å². The summed E-state index contributed by atoms with van der Waals surface area (Å²) in [5, 5.41) is 7.88. The van der Waals surface area contributed by atoms with Crippen LogP contribution in [0, 0.1) is 0 Å². The predicted molar refractivity (Wildman–Crippen MR) is 111 cm³/mol. The van der Waals surface area contributed by atoms with E-state index in [1.807, 2.05) is 30.3 Å². The van der Waals surface area contributed by atoms with Crippen molar-refractivity contribution in [2.24, 2.45) is 0 Å². The van der Waals surface area contributed by atoms with Crippen molar-refractivity contribution in [3.8, 4) is 17.1 Å². The average molecular weight is 438 g/mol. The zero-order valence-electron chi connectivity index (χ0n) is 14.9. The number of hydrogen-bond donors (Lipinski definition) is 1. The summed E-state index contributed by atoms with van der Waals surface area (Å²) < 4.78 is 10.4. The quantitative estimate of drug-likeness (QED) is 0.554. The predicted octanol–water partition coefficient (Wildman–Crippen LogP) is 4.60. The van der Waals surface area contributed by atoms with Gasteiger partial charge in [-0.15, -0.1) is 11.8 Å². The van der Waals surface area contributed by atoms with Crippen molar-refractivity contribution in [1.82, 2.24) is 15.5 Å². The molecule has 0 spiro atoms. The highest BCUT2D eigenvalue weighted by atomic mass is 35.5. The number of rotatable bonds is 8. The van der Waals surface area contributed by atoms with E-state index in [1.165, 1.54) is 11.8 Å². The molecule has 1 heterocycles. The summed E-state index contributed by atoms with van der Waals surface area (Å²) in [4.78, 5) is 16.3. The van der Waals surface area contributed by atoms with Crippen LogP contribution in [0.25, 0.3) is 11.4 Å². The number of nitrogens with zero attached hydrogens (tertiary/aromatic N) is 2. The first-order valence-electron chi connectivity index (χ1n) is 8.30. The Labute approximate surface area is 176 Å². The Bertz CT molecular complexity index is 965. The summed E-state index contributed by atoms with van der Waals surface area (Å²) in [5.41, 5.74) is 1.71. The van der Waals surface area contributed by atoms with E-state index in [1.54, 1.807) is 19.2 Å². The van der Waals surface area contributed by atoms with Gasteiger partial charge in [-0.1, -0.05) is 46.6 Å². The van der Waals surface area contributed by atoms with Gasteiger partial charge in [-0.25, -0.2) is 0 Å². The third-order valence-electron chi connectivity index (χ3n) is 3.74. The second kappa shape index (κ2) is 9.82. The van der Waals surface area contributed by atoms with E-state index >= 15 is 0 Å². The van der Waals surface area contributed by atoms with Crippen LogP contribution in [0.3, 0.4) is 0 Å². The summed E-state index contributed by atoms with van der Waals surface area (Å²) in [6.07, 6.45) is 0. The summed E-state index contributed by atoms with van der Waals surface area (Å²) in [6.45, 7) is 0.165. The molecule has 1 amide bonds. The van der Waals surface area contributed by atoms with E-state index in [2.05, 4.69) is 15.5 Å². The first kappa shape index (κ1) is 20.5. The zero-order valence-corrected chi connectivity index (χ0v) is 17.3. The monoisotopic (exact) mass is 437 g/mol. The molecule has 9 heteroatoms. The molecule has 0 radical (unpaired) electrons. The fraction of sp³-hybridized carbons (Fsp3) is 0.211. The molecule has 1 N–H and O–H groups in total. The highest BCUT2D eigenvalue weighted by Crippen LogP contribution is 2.24. The molecule has 2 aromatic carbocycles. The molecule has 0 saturated carbocycles. The Hall–Kier alpha value is -2.22. The van der Waals surface area contributed by atoms with Crippen LogP contribution in [0.5, 0.6) is 5.75 Å². The minimum atomic E-state index is -0.129. The van der Waals surface area contributed by atoms with Crippen LogP contribution in [-0.2, 0) is 17.1 Å². The number of amides is 1. The van der Waals surface area contributed by atoms with Crippen molar-refractivity contribution in [1.29, 1.82) is 0 Å². The maximum absolute atomic E-state index is 12.0. The minimum Gasteiger partial charge on any atom is -0.497 e. The lowest BCUT2D eigenvalue weighted by Gasteiger charge is -2.05. The second-order valence-corrected chi connectivity index (χ2v) is 7.58. The lowest BCUT2D eigenvalue weighted by molar-refractivity contribution is -0.118. The van der Waals surface area contributed by atoms with E-state index in [4.69, 9.17) is 32.5 Å². The molecule has 0 aliphatic heterocycles. The highest BCUT2D eigenvalue weighted by Gasteiger charge is 2.11. The molecule has 28 heavy (non-hydrogen) atoms. The van der Waals surface area contributed by atoms with Gasteiger partial charge in [0, 0.05) is 21.4 Å². The van der Waals surface area contributed by atoms with Gasteiger partial charge in [0.15, 0.2) is 0 Å². The van der Waals surface area contributed by atoms with Crippen LogP contribution in [0.1, 0.15) is 11.5 Å². The Morgan fingerprint density at radius 3 is 2.89 bits per heavy atom. The van der Waals surface area contributed by atoms with E-state index in [0.717, 1.165) is 11.1 Å². The normalized spacial score (nSPS) is 10.7. The number of aromatic nitrogens is 2. The van der Waals surface area contributed by atoms with Gasteiger partial charge in [-0.05, 0) is 29.8 Å². The molecule has 6 nitrogen and oxygen atoms in total. The van der Waals surface area contributed by atoms with Gasteiger partial charge in [0.2, 0.25) is 17.6 Å². The molecule has 0 saturated heterocycles. The number of thioether (sulfide) groups is 1. The molecule has 1 aromatic heterocycles. The fourth-order valence-corrected chi connectivity index (χ4v) is 3.74. The van der Waals surface area contributed by atoms with E-state index in [0.29, 0.717) is 33.3 Å². The minimum absolute atomic E-state index is 0.129. The Balaban J connectivity index is 1.46. The Morgan fingerprint density at radius 1 is 1.25 bits per heavy atom. The molecular weight excluding hydrogens is 421 g/mol. The SMILES string of the molecule is COc1cccc(-c2noc(CNC(=O)CSCc3ccc(Cl)cc3Cl)n2)c1. The molecular formula is C19H17Cl2N3O3S. The highest BCUT2D eigenvalue weighted by molar-refractivity contribution is 7.99. The van der Waals surface area contributed by atoms with Crippen molar-refractivity contribution in [3.05, 3.63) is 64.0 Å². The number of benzene rings is 2. The standard InChI is InChI=1S/C19H17Cl2N3O3S/c1-26-15-4-2-3-12(7-15)19-23-18(27-24-19)9-22-17(25)11-28-10-13-5-6-14(20)8-16(13)21/h2-8H,9-11H2,1H3,(H,22,25). The first-order valence-corrected chi connectivity index (χ1v) is 10.2. The van der Waals surface area contributed by atoms with E-state index < -0.39 is 0 Å². The van der Waals surface area contributed by atoms with Crippen LogP contribution in [0.15, 0.2) is 47.0 Å². The molecule has 3 aromatic rings. The third-order valence-corrected chi connectivity index (χ3v) is 5.31. The number of methoxy groups -OCH3 is 1. The first-order chi connectivity index (χ1) is 13.5. The molecule has 146 valence electrons. The van der Waals surface area contributed by atoms with Crippen LogP contribution in [0.2, 0.25) is 10.0 Å². The van der Waals surface area contributed by atoms with Crippen molar-refractivity contribution in [2.75, 3.05) is 12.9 Å². The van der Waals surface area contributed by atoms with Gasteiger partial charge in [0.25, 0.3) is 0 Å². The maximum Gasteiger partial charge on any atom is 0.246 e. The molecule has 0 fully saturated rings. The Kier molecular flexibility index (Phi) is 7.19. The lowest BCUT2D eigenvalue weighted by atomic mass is 10.2. The molecule has 0 aliphatic rings. The van der Waals surface area contributed by atoms with Gasteiger partial charge in [-0.3, -0.25) is 4.79 Å². The zero-order chi connectivity index (χ0) is 19.9. The van der Waals surface area contributed by atoms with Gasteiger partial charge in [0.1, 0.15) is 5.75 Å². The largest absolute Gasteiger partial charge is 0.497 e. The summed E-state index contributed by atoms with van der Waals surface area (Å²) >= 11 is 13.5. The van der Waals surface area contributed by atoms with Crippen molar-refractivity contribution in [2.45, 2.75) is 12.3 Å². The number of carbonyl (C=O) groups is 1. The van der Waals surface area contributed by atoms with Crippen molar-refractivity contribution in [3.63, 3.8) is 0 Å². The molecule has 0 unspecified atom stereocenters. The number of nitrogens with one attached hydrogen (secondary N) is 1. The van der Waals surface area contributed by atoms with E-state index in [-0.39, 0.29) is 18.2 Å². The molecule has 0 bridgehead atoms. The number of ether oxygens (including phenoxy) is 1. The van der Waals surface area contributed by atoms with Crippen LogP contribution in [-0.4, -0.2) is 28.9 Å². The molecule has 0 aliphatic carbocycles. The molecule has 0 atom stereocenters. The number of halogens is 2. The topological polar surface area (TPSA) is 77.3 Å². The Morgan fingerprint density at radius 2 is 2.11 bits per heavy atom. The summed E-state index contributed by atoms with van der Waals surface area (Å²) in [7, 11) is 1.59. The van der Waals surface area contributed by atoms with Gasteiger partial charge in [-0.2, -0.15) is 4.98 Å². The van der Waals surface area contributed by atoms with Crippen LogP contribution in [0.4, 0.5) is 0 Å². The molecule has 3 rings (SSSR count). The second-order valence-electron chi connectivity index (χ2n) is 5.75. The maximum atomic E-state index is 12.0. The lowest BCUT2D eigenvalue weighted by Crippen LogP contribution is -2.24. The fourth-order valence-electron chi connectivity index (χ4n) is 2.32. The van der Waals surface area contributed by atoms with Crippen LogP contribution < -0.4 is 10.1 Å². The van der Waals surface area contributed by atoms with Crippen molar-refractivity contribution < 1.29 is 14.1 Å². The summed E-state index contributed by atoms with van der Waals surface area (Å²) in [6, 6.07) is 12.7. The van der Waals surface area contributed by atoms with Gasteiger partial charge >= 0.3 is 0 Å².